The third-order valence-electron chi connectivity index (χ3n) is 4.84. The van der Waals surface area contributed by atoms with E-state index in [4.69, 9.17) is 4.74 Å². The van der Waals surface area contributed by atoms with Gasteiger partial charge in [0.25, 0.3) is 5.91 Å². The second-order valence-electron chi connectivity index (χ2n) is 6.52. The molecular formula is C22H21NO2. The largest absolute Gasteiger partial charge is 0.480 e. The van der Waals surface area contributed by atoms with Crippen LogP contribution in [0.25, 0.3) is 10.8 Å². The molecule has 0 aromatic heterocycles. The first-order valence-corrected chi connectivity index (χ1v) is 8.72. The Morgan fingerprint density at radius 1 is 0.960 bits per heavy atom. The van der Waals surface area contributed by atoms with Gasteiger partial charge in [-0.15, -0.1) is 0 Å². The number of fused-ring (bicyclic) bond motifs is 2. The Hall–Kier alpha value is -2.81. The van der Waals surface area contributed by atoms with E-state index in [1.807, 2.05) is 48.2 Å². The molecule has 3 nitrogen and oxygen atoms in total. The van der Waals surface area contributed by atoms with Crippen molar-refractivity contribution in [3.05, 3.63) is 77.9 Å². The first-order chi connectivity index (χ1) is 12.2. The predicted molar refractivity (Wildman–Crippen MR) is 99.6 cm³/mol. The van der Waals surface area contributed by atoms with E-state index in [1.165, 1.54) is 11.1 Å². The van der Waals surface area contributed by atoms with Crippen molar-refractivity contribution in [1.82, 2.24) is 4.90 Å². The minimum atomic E-state index is -0.504. The topological polar surface area (TPSA) is 29.5 Å². The average molecular weight is 331 g/mol. The first kappa shape index (κ1) is 15.7. The molecule has 1 amide bonds. The number of carbonyl (C=O) groups excluding carboxylic acids is 1. The number of hydrogen-bond acceptors (Lipinski definition) is 2. The molecule has 0 aliphatic carbocycles. The van der Waals surface area contributed by atoms with Gasteiger partial charge in [0, 0.05) is 18.5 Å². The zero-order valence-corrected chi connectivity index (χ0v) is 14.3. The van der Waals surface area contributed by atoms with E-state index in [0.29, 0.717) is 6.54 Å². The summed E-state index contributed by atoms with van der Waals surface area (Å²) in [6.45, 7) is 3.25. The Labute approximate surface area is 147 Å². The van der Waals surface area contributed by atoms with Gasteiger partial charge in [-0.05, 0) is 35.9 Å². The Balaban J connectivity index is 1.51. The van der Waals surface area contributed by atoms with Crippen molar-refractivity contribution >= 4 is 16.7 Å². The summed E-state index contributed by atoms with van der Waals surface area (Å²) < 4.78 is 6.04. The summed E-state index contributed by atoms with van der Waals surface area (Å²) in [5.41, 5.74) is 2.58. The zero-order valence-electron chi connectivity index (χ0n) is 14.3. The van der Waals surface area contributed by atoms with Crippen molar-refractivity contribution < 1.29 is 9.53 Å². The fraction of sp³-hybridized carbons (Fsp3) is 0.227. The molecule has 1 aliphatic heterocycles. The molecule has 0 saturated carbocycles. The molecule has 25 heavy (non-hydrogen) atoms. The number of ether oxygens (including phenoxy) is 1. The van der Waals surface area contributed by atoms with Gasteiger partial charge in [-0.2, -0.15) is 0 Å². The normalized spacial score (nSPS) is 14.8. The third-order valence-corrected chi connectivity index (χ3v) is 4.84. The van der Waals surface area contributed by atoms with Gasteiger partial charge >= 0.3 is 0 Å². The number of rotatable bonds is 3. The molecule has 0 unspecified atom stereocenters. The highest BCUT2D eigenvalue weighted by Crippen LogP contribution is 2.27. The Bertz CT molecular complexity index is 913. The summed E-state index contributed by atoms with van der Waals surface area (Å²) in [4.78, 5) is 14.8. The van der Waals surface area contributed by atoms with Crippen LogP contribution in [-0.2, 0) is 17.8 Å². The van der Waals surface area contributed by atoms with Gasteiger partial charge in [0.15, 0.2) is 6.10 Å². The SMILES string of the molecule is C[C@H](Oc1cccc2ccccc12)C(=O)N1CCc2ccccc2C1. The lowest BCUT2D eigenvalue weighted by Gasteiger charge is -2.31. The fourth-order valence-electron chi connectivity index (χ4n) is 3.48. The van der Waals surface area contributed by atoms with Gasteiger partial charge < -0.3 is 9.64 Å². The quantitative estimate of drug-likeness (QED) is 0.720. The molecule has 0 radical (unpaired) electrons. The van der Waals surface area contributed by atoms with Gasteiger partial charge in [0.1, 0.15) is 5.75 Å². The minimum absolute atomic E-state index is 0.0439. The highest BCUT2D eigenvalue weighted by atomic mass is 16.5. The van der Waals surface area contributed by atoms with Crippen LogP contribution >= 0.6 is 0 Å². The smallest absolute Gasteiger partial charge is 0.263 e. The predicted octanol–water partition coefficient (Wildman–Crippen LogP) is 4.19. The van der Waals surface area contributed by atoms with Crippen molar-refractivity contribution in [2.75, 3.05) is 6.54 Å². The Kier molecular flexibility index (Phi) is 4.14. The van der Waals surface area contributed by atoms with Gasteiger partial charge in [0.05, 0.1) is 0 Å². The van der Waals surface area contributed by atoms with Crippen LogP contribution in [0.15, 0.2) is 66.7 Å². The summed E-state index contributed by atoms with van der Waals surface area (Å²) in [6, 6.07) is 22.4. The summed E-state index contributed by atoms with van der Waals surface area (Å²) in [7, 11) is 0. The molecule has 0 fully saturated rings. The number of carbonyl (C=O) groups is 1. The van der Waals surface area contributed by atoms with Crippen LogP contribution in [0.3, 0.4) is 0 Å². The van der Waals surface area contributed by atoms with Crippen LogP contribution in [0.2, 0.25) is 0 Å². The zero-order chi connectivity index (χ0) is 17.2. The third kappa shape index (κ3) is 3.10. The first-order valence-electron chi connectivity index (χ1n) is 8.72. The lowest BCUT2D eigenvalue weighted by Crippen LogP contribution is -2.43. The fourth-order valence-corrected chi connectivity index (χ4v) is 3.48. The summed E-state index contributed by atoms with van der Waals surface area (Å²) in [6.07, 6.45) is 0.402. The van der Waals surface area contributed by atoms with Crippen LogP contribution in [0.5, 0.6) is 5.75 Å². The van der Waals surface area contributed by atoms with E-state index in [2.05, 4.69) is 30.3 Å². The highest BCUT2D eigenvalue weighted by Gasteiger charge is 2.26. The van der Waals surface area contributed by atoms with Gasteiger partial charge in [0.2, 0.25) is 0 Å². The lowest BCUT2D eigenvalue weighted by atomic mass is 9.99. The minimum Gasteiger partial charge on any atom is -0.480 e. The van der Waals surface area contributed by atoms with Crippen LogP contribution in [0.4, 0.5) is 0 Å². The molecule has 1 heterocycles. The number of amides is 1. The highest BCUT2D eigenvalue weighted by molar-refractivity contribution is 5.89. The maximum Gasteiger partial charge on any atom is 0.263 e. The van der Waals surface area contributed by atoms with Gasteiger partial charge in [-0.1, -0.05) is 60.7 Å². The molecule has 1 aliphatic rings. The standard InChI is InChI=1S/C22H21NO2/c1-16(25-21-12-6-10-18-8-4-5-11-20(18)21)22(24)23-14-13-17-7-2-3-9-19(17)15-23/h2-12,16H,13-15H2,1H3/t16-/m0/s1. The van der Waals surface area contributed by atoms with E-state index >= 15 is 0 Å². The van der Waals surface area contributed by atoms with Crippen molar-refractivity contribution in [3.8, 4) is 5.75 Å². The molecule has 3 heteroatoms. The van der Waals surface area contributed by atoms with Crippen molar-refractivity contribution in [1.29, 1.82) is 0 Å². The Morgan fingerprint density at radius 2 is 1.68 bits per heavy atom. The maximum absolute atomic E-state index is 12.8. The monoisotopic (exact) mass is 331 g/mol. The molecule has 3 aromatic carbocycles. The average Bonchev–Trinajstić information content (AvgIpc) is 2.67. The molecule has 1 atom stereocenters. The van der Waals surface area contributed by atoms with Gasteiger partial charge in [-0.25, -0.2) is 0 Å². The van der Waals surface area contributed by atoms with Crippen molar-refractivity contribution in [2.24, 2.45) is 0 Å². The van der Waals surface area contributed by atoms with E-state index in [9.17, 15) is 4.79 Å². The molecule has 4 rings (SSSR count). The lowest BCUT2D eigenvalue weighted by molar-refractivity contribution is -0.138. The molecule has 0 bridgehead atoms. The number of hydrogen-bond donors (Lipinski definition) is 0. The van der Waals surface area contributed by atoms with Crippen molar-refractivity contribution in [2.45, 2.75) is 26.0 Å². The van der Waals surface area contributed by atoms with E-state index in [-0.39, 0.29) is 5.91 Å². The molecule has 126 valence electrons. The number of nitrogens with zero attached hydrogens (tertiary/aromatic N) is 1. The molecule has 0 saturated heterocycles. The summed E-state index contributed by atoms with van der Waals surface area (Å²) in [5.74, 6) is 0.804. The molecule has 3 aromatic rings. The number of benzene rings is 3. The second-order valence-corrected chi connectivity index (χ2v) is 6.52. The molecule has 0 spiro atoms. The van der Waals surface area contributed by atoms with Crippen LogP contribution in [-0.4, -0.2) is 23.5 Å². The maximum atomic E-state index is 12.8. The van der Waals surface area contributed by atoms with E-state index in [1.54, 1.807) is 0 Å². The Morgan fingerprint density at radius 3 is 2.56 bits per heavy atom. The van der Waals surface area contributed by atoms with Crippen LogP contribution in [0, 0.1) is 0 Å². The van der Waals surface area contributed by atoms with Crippen LogP contribution in [0.1, 0.15) is 18.1 Å². The van der Waals surface area contributed by atoms with Crippen LogP contribution < -0.4 is 4.74 Å². The van der Waals surface area contributed by atoms with E-state index < -0.39 is 6.10 Å². The van der Waals surface area contributed by atoms with Gasteiger partial charge in [-0.3, -0.25) is 4.79 Å². The van der Waals surface area contributed by atoms with E-state index in [0.717, 1.165) is 29.5 Å². The molecule has 0 N–H and O–H groups in total. The van der Waals surface area contributed by atoms with Crippen molar-refractivity contribution in [3.63, 3.8) is 0 Å². The summed E-state index contributed by atoms with van der Waals surface area (Å²) in [5, 5.41) is 2.15. The summed E-state index contributed by atoms with van der Waals surface area (Å²) >= 11 is 0. The molecular weight excluding hydrogens is 310 g/mol. The second kappa shape index (κ2) is 6.60.